The maximum atomic E-state index is 8.69. The SMILES string of the molecule is Nc1cc(C2CC2)nn1CCO. The van der Waals surface area contributed by atoms with E-state index in [9.17, 15) is 0 Å². The van der Waals surface area contributed by atoms with Crippen molar-refractivity contribution in [1.82, 2.24) is 9.78 Å². The van der Waals surface area contributed by atoms with E-state index in [0.717, 1.165) is 5.69 Å². The highest BCUT2D eigenvalue weighted by Gasteiger charge is 2.26. The molecule has 4 nitrogen and oxygen atoms in total. The van der Waals surface area contributed by atoms with Gasteiger partial charge in [0.1, 0.15) is 5.82 Å². The third-order valence-electron chi connectivity index (χ3n) is 2.14. The van der Waals surface area contributed by atoms with Crippen molar-refractivity contribution in [2.45, 2.75) is 25.3 Å². The molecule has 1 aromatic heterocycles. The zero-order valence-electron chi connectivity index (χ0n) is 6.90. The summed E-state index contributed by atoms with van der Waals surface area (Å²) >= 11 is 0. The van der Waals surface area contributed by atoms with Crippen molar-refractivity contribution in [2.24, 2.45) is 0 Å². The maximum absolute atomic E-state index is 8.69. The lowest BCUT2D eigenvalue weighted by molar-refractivity contribution is 0.270. The molecule has 66 valence electrons. The second kappa shape index (κ2) is 2.79. The Balaban J connectivity index is 2.18. The minimum atomic E-state index is 0.0932. The molecule has 1 aliphatic rings. The fourth-order valence-electron chi connectivity index (χ4n) is 1.30. The van der Waals surface area contributed by atoms with Gasteiger partial charge in [-0.05, 0) is 12.8 Å². The number of nitrogens with zero attached hydrogens (tertiary/aromatic N) is 2. The fourth-order valence-corrected chi connectivity index (χ4v) is 1.30. The number of nitrogen functional groups attached to an aromatic ring is 1. The summed E-state index contributed by atoms with van der Waals surface area (Å²) in [6.45, 7) is 0.592. The summed E-state index contributed by atoms with van der Waals surface area (Å²) in [7, 11) is 0. The van der Waals surface area contributed by atoms with E-state index < -0.39 is 0 Å². The third kappa shape index (κ3) is 1.30. The molecule has 0 radical (unpaired) electrons. The highest BCUT2D eigenvalue weighted by Crippen LogP contribution is 2.39. The lowest BCUT2D eigenvalue weighted by atomic mass is 10.3. The molecule has 2 rings (SSSR count). The van der Waals surface area contributed by atoms with Crippen LogP contribution in [0.15, 0.2) is 6.07 Å². The van der Waals surface area contributed by atoms with Crippen LogP contribution in [0.4, 0.5) is 5.82 Å². The van der Waals surface area contributed by atoms with Crippen LogP contribution in [0.5, 0.6) is 0 Å². The Labute approximate surface area is 71.0 Å². The van der Waals surface area contributed by atoms with E-state index in [-0.39, 0.29) is 6.61 Å². The van der Waals surface area contributed by atoms with Crippen LogP contribution in [0, 0.1) is 0 Å². The summed E-state index contributed by atoms with van der Waals surface area (Å²) in [5, 5.41) is 13.0. The van der Waals surface area contributed by atoms with Crippen molar-refractivity contribution in [1.29, 1.82) is 0 Å². The van der Waals surface area contributed by atoms with E-state index in [1.54, 1.807) is 4.68 Å². The Morgan fingerprint density at radius 3 is 3.00 bits per heavy atom. The van der Waals surface area contributed by atoms with Crippen LogP contribution in [-0.2, 0) is 6.54 Å². The molecule has 1 aliphatic carbocycles. The summed E-state index contributed by atoms with van der Waals surface area (Å²) < 4.78 is 1.66. The van der Waals surface area contributed by atoms with E-state index in [4.69, 9.17) is 10.8 Å². The number of aromatic nitrogens is 2. The summed E-state index contributed by atoms with van der Waals surface area (Å²) in [6.07, 6.45) is 2.46. The third-order valence-corrected chi connectivity index (χ3v) is 2.14. The summed E-state index contributed by atoms with van der Waals surface area (Å²) in [5.41, 5.74) is 6.77. The second-order valence-electron chi connectivity index (χ2n) is 3.22. The number of rotatable bonds is 3. The zero-order chi connectivity index (χ0) is 8.55. The van der Waals surface area contributed by atoms with Crippen molar-refractivity contribution in [3.8, 4) is 0 Å². The van der Waals surface area contributed by atoms with Crippen LogP contribution in [0.2, 0.25) is 0 Å². The topological polar surface area (TPSA) is 64.1 Å². The predicted octanol–water partition coefficient (Wildman–Crippen LogP) is 0.335. The average molecular weight is 167 g/mol. The Morgan fingerprint density at radius 2 is 2.42 bits per heavy atom. The van der Waals surface area contributed by atoms with Gasteiger partial charge in [0.15, 0.2) is 0 Å². The van der Waals surface area contributed by atoms with Crippen molar-refractivity contribution < 1.29 is 5.11 Å². The first-order valence-electron chi connectivity index (χ1n) is 4.25. The quantitative estimate of drug-likeness (QED) is 0.682. The van der Waals surface area contributed by atoms with Crippen LogP contribution in [0.1, 0.15) is 24.5 Å². The minimum absolute atomic E-state index is 0.0932. The molecule has 4 heteroatoms. The first-order chi connectivity index (χ1) is 5.81. The van der Waals surface area contributed by atoms with Crippen LogP contribution >= 0.6 is 0 Å². The van der Waals surface area contributed by atoms with Crippen molar-refractivity contribution in [2.75, 3.05) is 12.3 Å². The number of hydrogen-bond acceptors (Lipinski definition) is 3. The zero-order valence-corrected chi connectivity index (χ0v) is 6.90. The number of hydrogen-bond donors (Lipinski definition) is 2. The molecule has 1 aromatic rings. The van der Waals surface area contributed by atoms with Gasteiger partial charge in [0.25, 0.3) is 0 Å². The van der Waals surface area contributed by atoms with Gasteiger partial charge in [-0.15, -0.1) is 0 Å². The van der Waals surface area contributed by atoms with Gasteiger partial charge in [-0.1, -0.05) is 0 Å². The highest BCUT2D eigenvalue weighted by molar-refractivity contribution is 5.33. The van der Waals surface area contributed by atoms with Gasteiger partial charge < -0.3 is 10.8 Å². The average Bonchev–Trinajstić information content (AvgIpc) is 2.80. The van der Waals surface area contributed by atoms with Crippen molar-refractivity contribution >= 4 is 5.82 Å². The van der Waals surface area contributed by atoms with Gasteiger partial charge in [0.05, 0.1) is 18.8 Å². The summed E-state index contributed by atoms with van der Waals surface area (Å²) in [4.78, 5) is 0. The molecule has 0 atom stereocenters. The maximum Gasteiger partial charge on any atom is 0.122 e. The Hall–Kier alpha value is -1.03. The number of nitrogens with two attached hydrogens (primary N) is 1. The Morgan fingerprint density at radius 1 is 1.67 bits per heavy atom. The van der Waals surface area contributed by atoms with E-state index in [0.29, 0.717) is 18.3 Å². The smallest absolute Gasteiger partial charge is 0.122 e. The van der Waals surface area contributed by atoms with E-state index in [1.807, 2.05) is 6.07 Å². The van der Waals surface area contributed by atoms with Crippen LogP contribution < -0.4 is 5.73 Å². The highest BCUT2D eigenvalue weighted by atomic mass is 16.3. The normalized spacial score (nSPS) is 16.8. The Bertz CT molecular complexity index is 278. The van der Waals surface area contributed by atoms with Gasteiger partial charge in [-0.2, -0.15) is 5.10 Å². The molecule has 0 amide bonds. The molecular formula is C8H13N3O. The molecule has 0 unspecified atom stereocenters. The second-order valence-corrected chi connectivity index (χ2v) is 3.22. The van der Waals surface area contributed by atoms with Gasteiger partial charge in [-0.25, -0.2) is 4.68 Å². The molecule has 0 aliphatic heterocycles. The van der Waals surface area contributed by atoms with E-state index >= 15 is 0 Å². The first kappa shape index (κ1) is 7.61. The van der Waals surface area contributed by atoms with E-state index in [1.165, 1.54) is 12.8 Å². The molecule has 1 saturated carbocycles. The predicted molar refractivity (Wildman–Crippen MR) is 45.7 cm³/mol. The van der Waals surface area contributed by atoms with Crippen molar-refractivity contribution in [3.05, 3.63) is 11.8 Å². The molecule has 0 spiro atoms. The first-order valence-corrected chi connectivity index (χ1v) is 4.25. The van der Waals surface area contributed by atoms with Crippen LogP contribution in [0.25, 0.3) is 0 Å². The van der Waals surface area contributed by atoms with Gasteiger partial charge in [-0.3, -0.25) is 0 Å². The van der Waals surface area contributed by atoms with Gasteiger partial charge in [0, 0.05) is 12.0 Å². The Kier molecular flexibility index (Phi) is 1.77. The van der Waals surface area contributed by atoms with Gasteiger partial charge in [0.2, 0.25) is 0 Å². The number of aliphatic hydroxyl groups is 1. The summed E-state index contributed by atoms with van der Waals surface area (Å²) in [6, 6.07) is 1.91. The molecular weight excluding hydrogens is 154 g/mol. The lowest BCUT2D eigenvalue weighted by Gasteiger charge is -1.98. The standard InChI is InChI=1S/C8H13N3O/c9-8-5-7(6-1-2-6)10-11(8)3-4-12/h5-6,12H,1-4,9H2. The molecule has 1 heterocycles. The van der Waals surface area contributed by atoms with Crippen LogP contribution in [-0.4, -0.2) is 21.5 Å². The van der Waals surface area contributed by atoms with Crippen LogP contribution in [0.3, 0.4) is 0 Å². The lowest BCUT2D eigenvalue weighted by Crippen LogP contribution is -2.07. The molecule has 1 fully saturated rings. The summed E-state index contributed by atoms with van der Waals surface area (Å²) in [5.74, 6) is 1.29. The fraction of sp³-hybridized carbons (Fsp3) is 0.625. The molecule has 0 aromatic carbocycles. The minimum Gasteiger partial charge on any atom is -0.394 e. The van der Waals surface area contributed by atoms with Gasteiger partial charge >= 0.3 is 0 Å². The molecule has 0 bridgehead atoms. The number of aliphatic hydroxyl groups excluding tert-OH is 1. The monoisotopic (exact) mass is 167 g/mol. The molecule has 0 saturated heterocycles. The largest absolute Gasteiger partial charge is 0.394 e. The molecule has 3 N–H and O–H groups in total. The van der Waals surface area contributed by atoms with E-state index in [2.05, 4.69) is 5.10 Å². The van der Waals surface area contributed by atoms with Crippen molar-refractivity contribution in [3.63, 3.8) is 0 Å². The molecule has 12 heavy (non-hydrogen) atoms. The number of anilines is 1.